The lowest BCUT2D eigenvalue weighted by Crippen LogP contribution is -2.44. The summed E-state index contributed by atoms with van der Waals surface area (Å²) in [5, 5.41) is 20.3. The van der Waals surface area contributed by atoms with Crippen LogP contribution in [0.15, 0.2) is 22.0 Å². The van der Waals surface area contributed by atoms with E-state index < -0.39 is 5.97 Å². The van der Waals surface area contributed by atoms with Gasteiger partial charge in [0.2, 0.25) is 0 Å². The summed E-state index contributed by atoms with van der Waals surface area (Å²) in [6.07, 6.45) is 2.54. The fourth-order valence-electron chi connectivity index (χ4n) is 2.71. The lowest BCUT2D eigenvalue weighted by molar-refractivity contribution is -0.142. The van der Waals surface area contributed by atoms with Gasteiger partial charge >= 0.3 is 12.0 Å². The molecule has 0 unspecified atom stereocenters. The predicted molar refractivity (Wildman–Crippen MR) is 86.4 cm³/mol. The summed E-state index contributed by atoms with van der Waals surface area (Å²) in [7, 11) is 0. The van der Waals surface area contributed by atoms with Crippen LogP contribution in [0.1, 0.15) is 31.5 Å². The number of amides is 2. The number of carbonyl (C=O) groups excluding carboxylic acids is 1. The summed E-state index contributed by atoms with van der Waals surface area (Å²) >= 11 is 1.50. The minimum Gasteiger partial charge on any atom is -0.481 e. The van der Waals surface area contributed by atoms with Gasteiger partial charge in [0.05, 0.1) is 17.3 Å². The monoisotopic (exact) mass is 350 g/mol. The Kier molecular flexibility index (Phi) is 5.09. The van der Waals surface area contributed by atoms with Crippen molar-refractivity contribution in [1.29, 1.82) is 0 Å². The van der Waals surface area contributed by atoms with Crippen molar-refractivity contribution in [2.75, 3.05) is 0 Å². The second-order valence-corrected chi connectivity index (χ2v) is 6.65. The van der Waals surface area contributed by atoms with Crippen LogP contribution >= 0.6 is 11.3 Å². The Morgan fingerprint density at radius 3 is 2.79 bits per heavy atom. The van der Waals surface area contributed by atoms with Crippen molar-refractivity contribution in [3.8, 4) is 10.8 Å². The third kappa shape index (κ3) is 4.10. The van der Waals surface area contributed by atoms with Crippen LogP contribution in [0.3, 0.4) is 0 Å². The van der Waals surface area contributed by atoms with Crippen LogP contribution in [0.5, 0.6) is 0 Å². The normalized spacial score (nSPS) is 20.5. The van der Waals surface area contributed by atoms with Gasteiger partial charge in [-0.25, -0.2) is 4.79 Å². The van der Waals surface area contributed by atoms with Crippen molar-refractivity contribution >= 4 is 23.3 Å². The molecule has 2 heterocycles. The summed E-state index contributed by atoms with van der Waals surface area (Å²) in [4.78, 5) is 27.9. The summed E-state index contributed by atoms with van der Waals surface area (Å²) < 4.78 is 5.15. The molecule has 2 aromatic rings. The van der Waals surface area contributed by atoms with E-state index in [1.165, 1.54) is 11.3 Å². The highest BCUT2D eigenvalue weighted by Crippen LogP contribution is 2.24. The molecule has 0 spiro atoms. The summed E-state index contributed by atoms with van der Waals surface area (Å²) in [5.74, 6) is -0.199. The molecule has 1 aliphatic carbocycles. The highest BCUT2D eigenvalue weighted by Gasteiger charge is 2.26. The number of urea groups is 1. The van der Waals surface area contributed by atoms with Crippen molar-refractivity contribution in [3.63, 3.8) is 0 Å². The van der Waals surface area contributed by atoms with Gasteiger partial charge in [0.1, 0.15) is 0 Å². The van der Waals surface area contributed by atoms with Crippen molar-refractivity contribution in [2.24, 2.45) is 5.92 Å². The van der Waals surface area contributed by atoms with Gasteiger partial charge in [-0.3, -0.25) is 4.79 Å². The highest BCUT2D eigenvalue weighted by molar-refractivity contribution is 7.13. The van der Waals surface area contributed by atoms with Crippen LogP contribution in [0.4, 0.5) is 4.79 Å². The fraction of sp³-hybridized carbons (Fsp3) is 0.467. The summed E-state index contributed by atoms with van der Waals surface area (Å²) in [6.45, 7) is 0.172. The molecular weight excluding hydrogens is 332 g/mol. The van der Waals surface area contributed by atoms with Gasteiger partial charge in [-0.1, -0.05) is 11.2 Å². The van der Waals surface area contributed by atoms with Crippen molar-refractivity contribution in [3.05, 3.63) is 23.3 Å². The predicted octanol–water partition coefficient (Wildman–Crippen LogP) is 2.24. The van der Waals surface area contributed by atoms with Crippen molar-refractivity contribution in [2.45, 2.75) is 38.3 Å². The first-order valence-electron chi connectivity index (χ1n) is 7.75. The lowest BCUT2D eigenvalue weighted by Gasteiger charge is -2.26. The SMILES string of the molecule is O=C(NCc1noc(-c2cccs2)n1)NC1CCC(C(=O)O)CC1. The van der Waals surface area contributed by atoms with Gasteiger partial charge in [-0.15, -0.1) is 11.3 Å². The van der Waals surface area contributed by atoms with Crippen molar-refractivity contribution in [1.82, 2.24) is 20.8 Å². The molecule has 2 aromatic heterocycles. The molecule has 0 bridgehead atoms. The van der Waals surface area contributed by atoms with Gasteiger partial charge in [-0.2, -0.15) is 4.98 Å². The van der Waals surface area contributed by atoms with E-state index in [0.717, 1.165) is 4.88 Å². The maximum absolute atomic E-state index is 11.9. The standard InChI is InChI=1S/C15H18N4O4S/c20-14(21)9-3-5-10(6-4-9)17-15(22)16-8-12-18-13(23-19-12)11-2-1-7-24-11/h1-2,7,9-10H,3-6,8H2,(H,20,21)(H2,16,17,22). The smallest absolute Gasteiger partial charge is 0.315 e. The highest BCUT2D eigenvalue weighted by atomic mass is 32.1. The van der Waals surface area contributed by atoms with Gasteiger partial charge in [-0.05, 0) is 37.1 Å². The van der Waals surface area contributed by atoms with Gasteiger partial charge in [0.25, 0.3) is 5.89 Å². The fourth-order valence-corrected chi connectivity index (χ4v) is 3.35. The number of aliphatic carboxylic acids is 1. The Morgan fingerprint density at radius 2 is 2.12 bits per heavy atom. The molecule has 2 amide bonds. The molecule has 3 rings (SSSR count). The van der Waals surface area contributed by atoms with E-state index >= 15 is 0 Å². The first kappa shape index (κ1) is 16.4. The number of hydrogen-bond donors (Lipinski definition) is 3. The second kappa shape index (κ2) is 7.43. The average Bonchev–Trinajstić information content (AvgIpc) is 3.25. The second-order valence-electron chi connectivity index (χ2n) is 5.71. The number of carboxylic acid groups (broad SMARTS) is 1. The molecule has 1 aliphatic rings. The van der Waals surface area contributed by atoms with E-state index in [2.05, 4.69) is 20.8 Å². The molecular formula is C15H18N4O4S. The van der Waals surface area contributed by atoms with E-state index in [4.69, 9.17) is 9.63 Å². The number of carboxylic acids is 1. The molecule has 1 saturated carbocycles. The van der Waals surface area contributed by atoms with E-state index in [1.54, 1.807) is 0 Å². The minimum atomic E-state index is -0.753. The molecule has 128 valence electrons. The maximum Gasteiger partial charge on any atom is 0.315 e. The molecule has 0 aliphatic heterocycles. The molecule has 1 fully saturated rings. The Labute approximate surface area is 142 Å². The molecule has 0 atom stereocenters. The first-order chi connectivity index (χ1) is 11.6. The number of nitrogens with one attached hydrogen (secondary N) is 2. The van der Waals surface area contributed by atoms with Gasteiger partial charge in [0, 0.05) is 6.04 Å². The zero-order chi connectivity index (χ0) is 16.9. The van der Waals surface area contributed by atoms with Crippen LogP contribution in [-0.4, -0.2) is 33.3 Å². The Balaban J connectivity index is 1.42. The number of aromatic nitrogens is 2. The van der Waals surface area contributed by atoms with Crippen LogP contribution in [0, 0.1) is 5.92 Å². The Morgan fingerprint density at radius 1 is 1.33 bits per heavy atom. The first-order valence-corrected chi connectivity index (χ1v) is 8.63. The molecule has 0 saturated heterocycles. The van der Waals surface area contributed by atoms with Crippen LogP contribution in [0.2, 0.25) is 0 Å². The number of nitrogens with zero attached hydrogens (tertiary/aromatic N) is 2. The minimum absolute atomic E-state index is 0.00699. The molecule has 9 heteroatoms. The van der Waals surface area contributed by atoms with Crippen molar-refractivity contribution < 1.29 is 19.2 Å². The third-order valence-electron chi connectivity index (χ3n) is 4.02. The van der Waals surface area contributed by atoms with Gasteiger partial charge < -0.3 is 20.3 Å². The Bertz CT molecular complexity index is 692. The van der Waals surface area contributed by atoms with Gasteiger partial charge in [0.15, 0.2) is 5.82 Å². The molecule has 24 heavy (non-hydrogen) atoms. The lowest BCUT2D eigenvalue weighted by atomic mass is 9.86. The summed E-state index contributed by atoms with van der Waals surface area (Å²) in [5.41, 5.74) is 0. The largest absolute Gasteiger partial charge is 0.481 e. The quantitative estimate of drug-likeness (QED) is 0.761. The zero-order valence-corrected chi connectivity index (χ0v) is 13.7. The third-order valence-corrected chi connectivity index (χ3v) is 4.88. The molecule has 3 N–H and O–H groups in total. The number of thiophene rings is 1. The molecule has 8 nitrogen and oxygen atoms in total. The van der Waals surface area contributed by atoms with Crippen LogP contribution in [0.25, 0.3) is 10.8 Å². The van der Waals surface area contributed by atoms with E-state index in [9.17, 15) is 9.59 Å². The Hall–Kier alpha value is -2.42. The molecule has 0 radical (unpaired) electrons. The number of rotatable bonds is 5. The maximum atomic E-state index is 11.9. The van der Waals surface area contributed by atoms with Crippen LogP contribution in [-0.2, 0) is 11.3 Å². The van der Waals surface area contributed by atoms with E-state index in [-0.39, 0.29) is 24.5 Å². The van der Waals surface area contributed by atoms with E-state index in [0.29, 0.717) is 37.4 Å². The van der Waals surface area contributed by atoms with Crippen LogP contribution < -0.4 is 10.6 Å². The van der Waals surface area contributed by atoms with E-state index in [1.807, 2.05) is 17.5 Å². The topological polar surface area (TPSA) is 117 Å². The average molecular weight is 350 g/mol. The molecule has 0 aromatic carbocycles. The number of hydrogen-bond acceptors (Lipinski definition) is 6. The number of carbonyl (C=O) groups is 2. The summed E-state index contributed by atoms with van der Waals surface area (Å²) in [6, 6.07) is 3.48. The zero-order valence-electron chi connectivity index (χ0n) is 12.9.